The molecule has 4 nitrogen and oxygen atoms in total. The predicted octanol–water partition coefficient (Wildman–Crippen LogP) is 2.11. The van der Waals surface area contributed by atoms with Crippen molar-refractivity contribution in [3.63, 3.8) is 0 Å². The van der Waals surface area contributed by atoms with Crippen molar-refractivity contribution in [1.82, 2.24) is 9.97 Å². The maximum absolute atomic E-state index is 5.60. The molecule has 0 aliphatic heterocycles. The van der Waals surface area contributed by atoms with Crippen LogP contribution in [0.1, 0.15) is 18.4 Å². The van der Waals surface area contributed by atoms with E-state index in [1.54, 1.807) is 7.11 Å². The molecule has 1 heterocycles. The van der Waals surface area contributed by atoms with Crippen LogP contribution >= 0.6 is 0 Å². The summed E-state index contributed by atoms with van der Waals surface area (Å²) >= 11 is 0. The molecular weight excluding hydrogens is 214 g/mol. The molecule has 0 atom stereocenters. The fraction of sp³-hybridized carbons (Fsp3) is 0.308. The van der Waals surface area contributed by atoms with Gasteiger partial charge in [0.1, 0.15) is 11.6 Å². The summed E-state index contributed by atoms with van der Waals surface area (Å²) in [5.41, 5.74) is 8.78. The first-order chi connectivity index (χ1) is 8.28. The highest BCUT2D eigenvalue weighted by Crippen LogP contribution is 2.24. The molecule has 17 heavy (non-hydrogen) atoms. The zero-order valence-electron chi connectivity index (χ0n) is 10.2. The standard InChI is InChI=1S/C13H17N3O/c1-3-11-13(16-12(8-14)15-11)9-4-6-10(17-2)7-5-9/h4-7H,3,8,14H2,1-2H3,(H,15,16). The Balaban J connectivity index is 2.40. The molecule has 0 saturated carbocycles. The van der Waals surface area contributed by atoms with Crippen LogP contribution in [-0.4, -0.2) is 17.1 Å². The number of nitrogens with one attached hydrogen (secondary N) is 1. The fourth-order valence-electron chi connectivity index (χ4n) is 1.80. The van der Waals surface area contributed by atoms with Crippen LogP contribution in [0.25, 0.3) is 11.3 Å². The number of ether oxygens (including phenoxy) is 1. The van der Waals surface area contributed by atoms with Crippen molar-refractivity contribution < 1.29 is 4.74 Å². The van der Waals surface area contributed by atoms with E-state index in [9.17, 15) is 0 Å². The SMILES string of the molecule is CCc1[nH]c(CN)nc1-c1ccc(OC)cc1. The van der Waals surface area contributed by atoms with E-state index in [0.29, 0.717) is 6.54 Å². The summed E-state index contributed by atoms with van der Waals surface area (Å²) in [6.07, 6.45) is 0.911. The van der Waals surface area contributed by atoms with Crippen molar-refractivity contribution >= 4 is 0 Å². The van der Waals surface area contributed by atoms with Crippen molar-refractivity contribution in [2.45, 2.75) is 19.9 Å². The number of hydrogen-bond acceptors (Lipinski definition) is 3. The van der Waals surface area contributed by atoms with Gasteiger partial charge >= 0.3 is 0 Å². The number of methoxy groups -OCH3 is 1. The van der Waals surface area contributed by atoms with E-state index in [1.807, 2.05) is 24.3 Å². The van der Waals surface area contributed by atoms with Crippen molar-refractivity contribution in [2.24, 2.45) is 5.73 Å². The molecule has 0 aliphatic rings. The third-order valence-corrected chi connectivity index (χ3v) is 2.74. The Hall–Kier alpha value is -1.81. The number of H-pyrrole nitrogens is 1. The quantitative estimate of drug-likeness (QED) is 0.847. The Kier molecular flexibility index (Phi) is 3.44. The highest BCUT2D eigenvalue weighted by molar-refractivity contribution is 5.63. The van der Waals surface area contributed by atoms with Crippen LogP contribution in [0, 0.1) is 0 Å². The number of benzene rings is 1. The van der Waals surface area contributed by atoms with Crippen LogP contribution in [0.5, 0.6) is 5.75 Å². The Bertz CT molecular complexity index is 488. The molecule has 0 spiro atoms. The number of rotatable bonds is 4. The minimum absolute atomic E-state index is 0.434. The lowest BCUT2D eigenvalue weighted by atomic mass is 10.1. The van der Waals surface area contributed by atoms with Crippen molar-refractivity contribution in [3.8, 4) is 17.0 Å². The Morgan fingerprint density at radius 1 is 1.29 bits per heavy atom. The van der Waals surface area contributed by atoms with Gasteiger partial charge in [-0.15, -0.1) is 0 Å². The second-order valence-electron chi connectivity index (χ2n) is 3.80. The molecule has 0 saturated heterocycles. The molecule has 90 valence electrons. The largest absolute Gasteiger partial charge is 0.497 e. The zero-order valence-corrected chi connectivity index (χ0v) is 10.2. The van der Waals surface area contributed by atoms with Gasteiger partial charge in [-0.05, 0) is 30.7 Å². The first-order valence-electron chi connectivity index (χ1n) is 5.70. The third kappa shape index (κ3) is 2.31. The molecule has 0 radical (unpaired) electrons. The Morgan fingerprint density at radius 2 is 2.00 bits per heavy atom. The van der Waals surface area contributed by atoms with E-state index in [2.05, 4.69) is 16.9 Å². The normalized spacial score (nSPS) is 10.5. The average molecular weight is 231 g/mol. The third-order valence-electron chi connectivity index (χ3n) is 2.74. The smallest absolute Gasteiger partial charge is 0.120 e. The van der Waals surface area contributed by atoms with E-state index in [-0.39, 0.29) is 0 Å². The molecule has 1 aromatic carbocycles. The van der Waals surface area contributed by atoms with Gasteiger partial charge in [0, 0.05) is 11.3 Å². The predicted molar refractivity (Wildman–Crippen MR) is 67.8 cm³/mol. The van der Waals surface area contributed by atoms with Gasteiger partial charge in [0.15, 0.2) is 0 Å². The van der Waals surface area contributed by atoms with Crippen molar-refractivity contribution in [3.05, 3.63) is 35.8 Å². The number of aromatic nitrogens is 2. The van der Waals surface area contributed by atoms with Crippen molar-refractivity contribution in [1.29, 1.82) is 0 Å². The van der Waals surface area contributed by atoms with E-state index in [1.165, 1.54) is 0 Å². The average Bonchev–Trinajstić information content (AvgIpc) is 2.82. The number of nitrogens with zero attached hydrogens (tertiary/aromatic N) is 1. The summed E-state index contributed by atoms with van der Waals surface area (Å²) in [6.45, 7) is 2.53. The topological polar surface area (TPSA) is 63.9 Å². The Morgan fingerprint density at radius 3 is 2.53 bits per heavy atom. The lowest BCUT2D eigenvalue weighted by Crippen LogP contribution is -1.98. The van der Waals surface area contributed by atoms with Crippen LogP contribution in [0.2, 0.25) is 0 Å². The second-order valence-corrected chi connectivity index (χ2v) is 3.80. The molecule has 3 N–H and O–H groups in total. The lowest BCUT2D eigenvalue weighted by Gasteiger charge is -2.02. The summed E-state index contributed by atoms with van der Waals surface area (Å²) in [5.74, 6) is 1.68. The van der Waals surface area contributed by atoms with Gasteiger partial charge in [-0.1, -0.05) is 6.92 Å². The molecule has 0 amide bonds. The van der Waals surface area contributed by atoms with Gasteiger partial charge in [0.2, 0.25) is 0 Å². The number of aryl methyl sites for hydroxylation is 1. The highest BCUT2D eigenvalue weighted by atomic mass is 16.5. The minimum atomic E-state index is 0.434. The second kappa shape index (κ2) is 5.01. The summed E-state index contributed by atoms with van der Waals surface area (Å²) in [4.78, 5) is 7.74. The van der Waals surface area contributed by atoms with Gasteiger partial charge in [-0.3, -0.25) is 0 Å². The minimum Gasteiger partial charge on any atom is -0.497 e. The zero-order chi connectivity index (χ0) is 12.3. The summed E-state index contributed by atoms with van der Waals surface area (Å²) in [5, 5.41) is 0. The molecule has 1 aromatic heterocycles. The van der Waals surface area contributed by atoms with Crippen molar-refractivity contribution in [2.75, 3.05) is 7.11 Å². The van der Waals surface area contributed by atoms with Crippen LogP contribution in [-0.2, 0) is 13.0 Å². The molecule has 2 rings (SSSR count). The first-order valence-corrected chi connectivity index (χ1v) is 5.70. The number of hydrogen-bond donors (Lipinski definition) is 2. The van der Waals surface area contributed by atoms with Gasteiger partial charge in [0.25, 0.3) is 0 Å². The summed E-state index contributed by atoms with van der Waals surface area (Å²) < 4.78 is 5.14. The monoisotopic (exact) mass is 231 g/mol. The maximum atomic E-state index is 5.60. The van der Waals surface area contributed by atoms with E-state index in [4.69, 9.17) is 10.5 Å². The van der Waals surface area contributed by atoms with Gasteiger partial charge in [0.05, 0.1) is 19.3 Å². The molecule has 0 fully saturated rings. The molecule has 0 unspecified atom stereocenters. The lowest BCUT2D eigenvalue weighted by molar-refractivity contribution is 0.415. The molecule has 0 aliphatic carbocycles. The van der Waals surface area contributed by atoms with Crippen LogP contribution in [0.4, 0.5) is 0 Å². The molecule has 0 bridgehead atoms. The van der Waals surface area contributed by atoms with Crippen LogP contribution in [0.15, 0.2) is 24.3 Å². The number of aromatic amines is 1. The summed E-state index contributed by atoms with van der Waals surface area (Å²) in [6, 6.07) is 7.89. The maximum Gasteiger partial charge on any atom is 0.120 e. The van der Waals surface area contributed by atoms with Gasteiger partial charge in [-0.2, -0.15) is 0 Å². The number of nitrogens with two attached hydrogens (primary N) is 1. The molecule has 4 heteroatoms. The summed E-state index contributed by atoms with van der Waals surface area (Å²) in [7, 11) is 1.66. The van der Waals surface area contributed by atoms with E-state index >= 15 is 0 Å². The first kappa shape index (κ1) is 11.7. The highest BCUT2D eigenvalue weighted by Gasteiger charge is 2.09. The van der Waals surface area contributed by atoms with Gasteiger partial charge < -0.3 is 15.5 Å². The van der Waals surface area contributed by atoms with Crippen LogP contribution in [0.3, 0.4) is 0 Å². The van der Waals surface area contributed by atoms with Gasteiger partial charge in [-0.25, -0.2) is 4.98 Å². The molecule has 2 aromatic rings. The number of imidazole rings is 1. The Labute approximate surface area is 101 Å². The van der Waals surface area contributed by atoms with E-state index in [0.717, 1.165) is 34.9 Å². The molecular formula is C13H17N3O. The van der Waals surface area contributed by atoms with Crippen LogP contribution < -0.4 is 10.5 Å². The van der Waals surface area contributed by atoms with E-state index < -0.39 is 0 Å². The fourth-order valence-corrected chi connectivity index (χ4v) is 1.80.